The Hall–Kier alpha value is -8.88. The molecule has 7 N–H and O–H groups in total. The van der Waals surface area contributed by atoms with Gasteiger partial charge >= 0.3 is 53.7 Å². The highest BCUT2D eigenvalue weighted by molar-refractivity contribution is 5.80. The Kier molecular flexibility index (Phi) is 52.0. The second kappa shape index (κ2) is 60.0. The van der Waals surface area contributed by atoms with Gasteiger partial charge in [-0.05, 0) is 64.2 Å². The van der Waals surface area contributed by atoms with Crippen LogP contribution in [0.3, 0.4) is 0 Å². The monoisotopic (exact) mass is 1790 g/mol. The van der Waals surface area contributed by atoms with E-state index in [4.69, 9.17) is 85.3 Å². The van der Waals surface area contributed by atoms with Crippen molar-refractivity contribution in [2.24, 2.45) is 5.92 Å². The highest BCUT2D eigenvalue weighted by atomic mass is 16.7. The maximum atomic E-state index is 14.4. The van der Waals surface area contributed by atoms with Crippen LogP contribution in [0.2, 0.25) is 0 Å². The van der Waals surface area contributed by atoms with E-state index in [0.29, 0.717) is 116 Å². The first-order valence-corrected chi connectivity index (χ1v) is 43.0. The number of aliphatic hydroxyl groups excluding tert-OH is 1. The molecule has 1 saturated carbocycles. The number of rotatable bonds is 58. The van der Waals surface area contributed by atoms with E-state index in [2.05, 4.69) is 31.9 Å². The second-order valence-corrected chi connectivity index (χ2v) is 31.0. The number of amides is 7. The van der Waals surface area contributed by atoms with E-state index in [1.165, 1.54) is 41.5 Å². The average molecular weight is 1790 g/mol. The molecule has 3 aliphatic heterocycles. The lowest BCUT2D eigenvalue weighted by molar-refractivity contribution is -0.277. The van der Waals surface area contributed by atoms with Crippen LogP contribution >= 0.6 is 0 Å². The summed E-state index contributed by atoms with van der Waals surface area (Å²) in [4.78, 5) is 203. The summed E-state index contributed by atoms with van der Waals surface area (Å²) in [6.07, 6.45) is -7.69. The zero-order valence-corrected chi connectivity index (χ0v) is 74.5. The number of nitrogens with one attached hydrogen (secondary N) is 6. The summed E-state index contributed by atoms with van der Waals surface area (Å²) in [6, 6.07) is -3.40. The first kappa shape index (κ1) is 108. The number of unbranched alkanes of at least 4 members (excludes halogenated alkanes) is 12. The van der Waals surface area contributed by atoms with Gasteiger partial charge in [-0.3, -0.25) is 76.7 Å². The third-order valence-corrected chi connectivity index (χ3v) is 20.1. The lowest BCUT2D eigenvalue weighted by atomic mass is 9.82. The van der Waals surface area contributed by atoms with Crippen LogP contribution in [0.25, 0.3) is 0 Å². The van der Waals surface area contributed by atoms with Crippen LogP contribution < -0.4 is 31.9 Å². The molecule has 0 aromatic carbocycles. The average Bonchev–Trinajstić information content (AvgIpc) is 0.804. The molecule has 0 aromatic rings. The zero-order valence-electron chi connectivity index (χ0n) is 74.5. The first-order chi connectivity index (χ1) is 59.5. The van der Waals surface area contributed by atoms with Crippen molar-refractivity contribution in [2.45, 2.75) is 328 Å². The summed E-state index contributed by atoms with van der Waals surface area (Å²) in [5.74, 6) is -9.89. The van der Waals surface area contributed by atoms with Gasteiger partial charge in [0.05, 0.1) is 32.0 Å². The highest BCUT2D eigenvalue weighted by Gasteiger charge is 2.55. The van der Waals surface area contributed by atoms with E-state index in [-0.39, 0.29) is 102 Å². The van der Waals surface area contributed by atoms with Crippen LogP contribution in [-0.2, 0) is 162 Å². The van der Waals surface area contributed by atoms with Gasteiger partial charge in [0.1, 0.15) is 62.4 Å². The van der Waals surface area contributed by atoms with Crippen LogP contribution in [0, 0.1) is 5.92 Å². The number of ether oxygens (including phenoxy) is 18. The van der Waals surface area contributed by atoms with E-state index in [1.54, 1.807) is 11.9 Å². The number of hydrogen-bond donors (Lipinski definition) is 7. The fraction of sp³-hybridized carbons (Fsp3) is 0.807. The maximum absolute atomic E-state index is 14.4. The molecule has 17 atom stereocenters. The molecule has 42 nitrogen and oxygen atoms in total. The Balaban J connectivity index is 1.42. The van der Waals surface area contributed by atoms with Crippen LogP contribution in [0.1, 0.15) is 218 Å². The van der Waals surface area contributed by atoms with Gasteiger partial charge < -0.3 is 127 Å². The van der Waals surface area contributed by atoms with Crippen LogP contribution in [-0.4, -0.2) is 315 Å². The molecular weight excluding hydrogens is 1650 g/mol. The van der Waals surface area contributed by atoms with Crippen molar-refractivity contribution in [1.29, 1.82) is 0 Å². The third-order valence-electron chi connectivity index (χ3n) is 20.1. The number of esters is 9. The molecule has 4 fully saturated rings. The minimum absolute atomic E-state index is 0.0485. The summed E-state index contributed by atoms with van der Waals surface area (Å²) in [5, 5.41) is 26.1. The van der Waals surface area contributed by atoms with Crippen LogP contribution in [0.15, 0.2) is 0 Å². The molecule has 1 aliphatic carbocycles. The molecule has 0 bridgehead atoms. The normalized spacial score (nSPS) is 25.1. The van der Waals surface area contributed by atoms with E-state index < -0.39 is 207 Å². The van der Waals surface area contributed by atoms with Crippen molar-refractivity contribution in [1.82, 2.24) is 36.8 Å². The fourth-order valence-electron chi connectivity index (χ4n) is 14.6. The molecule has 3 saturated heterocycles. The predicted octanol–water partition coefficient (Wildman–Crippen LogP) is 1.78. The van der Waals surface area contributed by atoms with Crippen molar-refractivity contribution in [3.63, 3.8) is 0 Å². The lowest BCUT2D eigenvalue weighted by Gasteiger charge is -2.44. The molecular formula is C83H135N7O35. The van der Waals surface area contributed by atoms with Gasteiger partial charge in [0.2, 0.25) is 41.4 Å². The van der Waals surface area contributed by atoms with Crippen molar-refractivity contribution in [3.05, 3.63) is 0 Å². The van der Waals surface area contributed by atoms with Crippen molar-refractivity contribution < 1.29 is 167 Å². The predicted molar refractivity (Wildman–Crippen MR) is 433 cm³/mol. The van der Waals surface area contributed by atoms with Crippen molar-refractivity contribution in [3.8, 4) is 0 Å². The zero-order chi connectivity index (χ0) is 92.5. The van der Waals surface area contributed by atoms with Crippen LogP contribution in [0.4, 0.5) is 0 Å². The summed E-state index contributed by atoms with van der Waals surface area (Å²) in [7, 11) is 1.70. The van der Waals surface area contributed by atoms with Gasteiger partial charge in [-0.1, -0.05) is 51.4 Å². The minimum atomic E-state index is -1.28. The smallest absolute Gasteiger partial charge is 0.303 e. The maximum Gasteiger partial charge on any atom is 0.303 e. The molecule has 7 amide bonds. The molecule has 712 valence electrons. The first-order valence-electron chi connectivity index (χ1n) is 43.0. The van der Waals surface area contributed by atoms with Gasteiger partial charge in [-0.15, -0.1) is 0 Å². The fourth-order valence-corrected chi connectivity index (χ4v) is 14.6. The highest BCUT2D eigenvalue weighted by Crippen LogP contribution is 2.35. The van der Waals surface area contributed by atoms with Gasteiger partial charge in [0.15, 0.2) is 55.5 Å². The Labute approximate surface area is 729 Å². The number of nitrogens with zero attached hydrogens (tertiary/aromatic N) is 1. The largest absolute Gasteiger partial charge is 0.463 e. The van der Waals surface area contributed by atoms with Gasteiger partial charge in [0.25, 0.3) is 0 Å². The molecule has 0 spiro atoms. The molecule has 42 heteroatoms. The number of aliphatic hydroxyl groups is 1. The summed E-state index contributed by atoms with van der Waals surface area (Å²) in [5.41, 5.74) is 0. The molecule has 0 unspecified atom stereocenters. The molecule has 0 radical (unpaired) electrons. The number of carbonyl (C=O) groups is 16. The van der Waals surface area contributed by atoms with E-state index in [0.717, 1.165) is 54.4 Å². The number of carbonyl (C=O) groups excluding carboxylic acids is 16. The molecule has 4 aliphatic rings. The molecule has 125 heavy (non-hydrogen) atoms. The van der Waals surface area contributed by atoms with Crippen LogP contribution in [0.5, 0.6) is 0 Å². The van der Waals surface area contributed by atoms with Crippen molar-refractivity contribution >= 4 is 95.1 Å². The summed E-state index contributed by atoms with van der Waals surface area (Å²) < 4.78 is 105. The Morgan fingerprint density at radius 2 is 0.600 bits per heavy atom. The Morgan fingerprint density at radius 3 is 0.888 bits per heavy atom. The Morgan fingerprint density at radius 1 is 0.320 bits per heavy atom. The Bertz CT molecular complexity index is 3270. The molecule has 3 heterocycles. The van der Waals surface area contributed by atoms with Gasteiger partial charge in [-0.25, -0.2) is 0 Å². The summed E-state index contributed by atoms with van der Waals surface area (Å²) in [6.45, 7) is 14.2. The van der Waals surface area contributed by atoms with E-state index >= 15 is 0 Å². The SMILES string of the molecule is CC(=O)N[C@H]1[C@H](OCCCCCCNC(=O)CCOC2[C@H](OCCC(=O)NCCCCCCO[C@@H]3O[C@H](COC(C)=O)[C@H](OC(C)=O)[C@H](OC(C)=O)[C@H]3NC(C)=O)CC(C(=O)N(C)CCCCCCO)C[C@H]2OCCC(=O)NCCCCCCO[C@@H]2O[C@H](COC(C)=O)[C@H](OC(C)=O)[C@H](OC(C)=O)[C@H]2NC(C)=O)O[C@H](COC(C)=O)[C@H](OC(C)=O)[C@@H]1OC(C)=O. The van der Waals surface area contributed by atoms with Gasteiger partial charge in [0, 0.05) is 168 Å². The quantitative estimate of drug-likeness (QED) is 0.0259. The minimum Gasteiger partial charge on any atom is -0.463 e. The topological polar surface area (TPSA) is 535 Å². The molecule has 0 aromatic heterocycles. The second-order valence-electron chi connectivity index (χ2n) is 31.0. The summed E-state index contributed by atoms with van der Waals surface area (Å²) >= 11 is 0. The van der Waals surface area contributed by atoms with E-state index in [9.17, 15) is 81.8 Å². The number of hydrogen-bond acceptors (Lipinski definition) is 35. The third kappa shape index (κ3) is 43.5. The molecule has 4 rings (SSSR count). The standard InChI is InChI=1S/C83H135N7O35/c1-49(92)87-70-77(120-58(10)101)74(117-55(7)98)64(46-114-52(4)95)123-81(70)111-38-27-19-14-22-33-84-67(104)30-41-108-62-44-61(80(107)90(13)36-25-17-18-26-37-91)45-63(109-42-31-68(105)85-34-23-15-20-28-39-112-82-71(88-50(2)93)78(121-59(11)102)75(118-56(8)99)65(124-82)47-115-53(5)96)73(62)110-43-32-69(106)86-35-24-16-21-29-40-113-83-72(89-51(3)94)79(122-60(12)103)76(119-57(9)100)66(125-83)48-116-54(6)97/h61-66,70-79,81-83,91H,14-48H2,1-13H3,(H,84,104)(H,85,105)(H,86,106)(H,87,92)(H,88,93)(H,89,94)/t61?,62-,63-,64-,65-,66-,70-,71-,72-,73?,74+,75+,76+,77-,78-,79-,81-,82-,83-/m1/s1. The van der Waals surface area contributed by atoms with E-state index in [1.807, 2.05) is 0 Å². The van der Waals surface area contributed by atoms with Gasteiger partial charge in [-0.2, -0.15) is 0 Å². The lowest BCUT2D eigenvalue weighted by Crippen LogP contribution is -2.66. The van der Waals surface area contributed by atoms with Crippen molar-refractivity contribution in [2.75, 3.05) is 99.3 Å².